The number of fused-ring (bicyclic) bond motifs is 2. The van der Waals surface area contributed by atoms with E-state index in [1.54, 1.807) is 0 Å². The first-order chi connectivity index (χ1) is 16.3. The van der Waals surface area contributed by atoms with Gasteiger partial charge in [0.15, 0.2) is 0 Å². The summed E-state index contributed by atoms with van der Waals surface area (Å²) in [6, 6.07) is 29.1. The molecule has 1 aliphatic rings. The van der Waals surface area contributed by atoms with Crippen LogP contribution in [0.3, 0.4) is 0 Å². The van der Waals surface area contributed by atoms with Crippen LogP contribution < -0.4 is 9.64 Å². The highest BCUT2D eigenvalue weighted by atomic mass is 16.5. The number of hydrogen-bond donors (Lipinski definition) is 0. The second kappa shape index (κ2) is 7.95. The molecule has 5 aromatic rings. The first kappa shape index (κ1) is 19.3. The van der Waals surface area contributed by atoms with E-state index in [4.69, 9.17) is 4.74 Å². The fourth-order valence-electron chi connectivity index (χ4n) is 4.25. The van der Waals surface area contributed by atoms with Crippen LogP contribution in [-0.4, -0.2) is 14.8 Å². The molecule has 33 heavy (non-hydrogen) atoms. The molecule has 0 bridgehead atoms. The van der Waals surface area contributed by atoms with E-state index in [2.05, 4.69) is 69.6 Å². The van der Waals surface area contributed by atoms with Crippen LogP contribution >= 0.6 is 0 Å². The highest BCUT2D eigenvalue weighted by molar-refractivity contribution is 5.85. The summed E-state index contributed by atoms with van der Waals surface area (Å²) in [5, 5.41) is 4.50. The smallest absolute Gasteiger partial charge is 0.143 e. The molecular formula is C28H22N4O. The van der Waals surface area contributed by atoms with Crippen molar-refractivity contribution in [1.29, 1.82) is 0 Å². The van der Waals surface area contributed by atoms with Crippen LogP contribution in [0.2, 0.25) is 0 Å². The van der Waals surface area contributed by atoms with Crippen molar-refractivity contribution in [3.05, 3.63) is 115 Å². The molecule has 5 nitrogen and oxygen atoms in total. The van der Waals surface area contributed by atoms with Crippen molar-refractivity contribution >= 4 is 17.1 Å². The van der Waals surface area contributed by atoms with Gasteiger partial charge in [0.25, 0.3) is 0 Å². The summed E-state index contributed by atoms with van der Waals surface area (Å²) in [5.41, 5.74) is 8.37. The van der Waals surface area contributed by atoms with Gasteiger partial charge in [0.1, 0.15) is 12.4 Å². The van der Waals surface area contributed by atoms with Crippen molar-refractivity contribution in [2.45, 2.75) is 13.5 Å². The molecule has 2 aromatic heterocycles. The molecular weight excluding hydrogens is 408 g/mol. The summed E-state index contributed by atoms with van der Waals surface area (Å²) in [6.07, 6.45) is 5.72. The lowest BCUT2D eigenvalue weighted by Gasteiger charge is -2.27. The second-order valence-corrected chi connectivity index (χ2v) is 8.13. The fraction of sp³-hybridized carbons (Fsp3) is 0.0714. The van der Waals surface area contributed by atoms with E-state index >= 15 is 0 Å². The van der Waals surface area contributed by atoms with Gasteiger partial charge in [-0.2, -0.15) is 5.10 Å². The molecule has 0 saturated heterocycles. The molecule has 0 atom stereocenters. The van der Waals surface area contributed by atoms with Gasteiger partial charge in [0.05, 0.1) is 29.0 Å². The highest BCUT2D eigenvalue weighted by Crippen LogP contribution is 2.45. The lowest BCUT2D eigenvalue weighted by molar-refractivity contribution is 0.310. The van der Waals surface area contributed by atoms with Crippen LogP contribution in [0.25, 0.3) is 16.9 Å². The Labute approximate surface area is 192 Å². The summed E-state index contributed by atoms with van der Waals surface area (Å²) in [6.45, 7) is 2.56. The van der Waals surface area contributed by atoms with Gasteiger partial charge in [-0.25, -0.2) is 4.68 Å². The SMILES string of the molecule is Cc1cnn(-c2ccc3c(c2)N(c2cccc(-c4ccccn4)c2)c2ccccc2CO3)c1. The zero-order valence-corrected chi connectivity index (χ0v) is 18.2. The third-order valence-electron chi connectivity index (χ3n) is 5.84. The minimum atomic E-state index is 0.514. The normalized spacial score (nSPS) is 12.5. The quantitative estimate of drug-likeness (QED) is 0.323. The zero-order chi connectivity index (χ0) is 22.2. The third-order valence-corrected chi connectivity index (χ3v) is 5.84. The Morgan fingerprint density at radius 3 is 2.58 bits per heavy atom. The van der Waals surface area contributed by atoms with E-state index in [0.29, 0.717) is 6.61 Å². The molecule has 0 spiro atoms. The molecule has 0 saturated carbocycles. The van der Waals surface area contributed by atoms with Crippen LogP contribution in [0.5, 0.6) is 5.75 Å². The maximum absolute atomic E-state index is 6.25. The third kappa shape index (κ3) is 3.53. The summed E-state index contributed by atoms with van der Waals surface area (Å²) in [5.74, 6) is 0.835. The fourth-order valence-corrected chi connectivity index (χ4v) is 4.25. The van der Waals surface area contributed by atoms with Crippen LogP contribution in [0.15, 0.2) is 104 Å². The molecule has 1 aliphatic heterocycles. The molecule has 0 radical (unpaired) electrons. The summed E-state index contributed by atoms with van der Waals surface area (Å²) < 4.78 is 8.15. The summed E-state index contributed by atoms with van der Waals surface area (Å²) in [7, 11) is 0. The number of rotatable bonds is 3. The molecule has 5 heteroatoms. The standard InChI is InChI=1S/C28H22N4O/c1-20-17-30-31(18-20)23-12-13-28-27(16-23)32(26-11-3-2-7-22(26)19-33-28)24-9-6-8-21(15-24)25-10-4-5-14-29-25/h2-18H,19H2,1H3. The van der Waals surface area contributed by atoms with Gasteiger partial charge in [0, 0.05) is 29.2 Å². The van der Waals surface area contributed by atoms with Crippen LogP contribution in [0, 0.1) is 6.92 Å². The Bertz CT molecular complexity index is 1440. The van der Waals surface area contributed by atoms with E-state index in [9.17, 15) is 0 Å². The molecule has 160 valence electrons. The van der Waals surface area contributed by atoms with E-state index in [1.807, 2.05) is 60.5 Å². The molecule has 3 aromatic carbocycles. The molecule has 3 heterocycles. The Balaban J connectivity index is 1.55. The number of anilines is 3. The molecule has 0 amide bonds. The number of nitrogens with zero attached hydrogens (tertiary/aromatic N) is 4. The van der Waals surface area contributed by atoms with Gasteiger partial charge in [-0.15, -0.1) is 0 Å². The number of benzene rings is 3. The number of ether oxygens (including phenoxy) is 1. The first-order valence-electron chi connectivity index (χ1n) is 10.9. The number of aromatic nitrogens is 3. The van der Waals surface area contributed by atoms with Crippen molar-refractivity contribution in [1.82, 2.24) is 14.8 Å². The zero-order valence-electron chi connectivity index (χ0n) is 18.2. The van der Waals surface area contributed by atoms with Gasteiger partial charge in [-0.1, -0.05) is 36.4 Å². The molecule has 0 fully saturated rings. The van der Waals surface area contributed by atoms with Crippen molar-refractivity contribution in [3.63, 3.8) is 0 Å². The highest BCUT2D eigenvalue weighted by Gasteiger charge is 2.24. The average molecular weight is 431 g/mol. The van der Waals surface area contributed by atoms with Gasteiger partial charge in [-0.3, -0.25) is 4.98 Å². The van der Waals surface area contributed by atoms with E-state index in [0.717, 1.165) is 50.9 Å². The van der Waals surface area contributed by atoms with Crippen molar-refractivity contribution in [3.8, 4) is 22.7 Å². The minimum Gasteiger partial charge on any atom is -0.487 e. The van der Waals surface area contributed by atoms with E-state index in [-0.39, 0.29) is 0 Å². The largest absolute Gasteiger partial charge is 0.487 e. The predicted molar refractivity (Wildman–Crippen MR) is 131 cm³/mol. The lowest BCUT2D eigenvalue weighted by atomic mass is 10.1. The van der Waals surface area contributed by atoms with E-state index < -0.39 is 0 Å². The molecule has 0 N–H and O–H groups in total. The number of aryl methyl sites for hydroxylation is 1. The number of para-hydroxylation sites is 1. The Hall–Kier alpha value is -4.38. The second-order valence-electron chi connectivity index (χ2n) is 8.13. The molecule has 0 aliphatic carbocycles. The first-order valence-corrected chi connectivity index (χ1v) is 10.9. The average Bonchev–Trinajstić information content (AvgIpc) is 3.23. The van der Waals surface area contributed by atoms with Crippen molar-refractivity contribution < 1.29 is 4.74 Å². The van der Waals surface area contributed by atoms with E-state index in [1.165, 1.54) is 0 Å². The Morgan fingerprint density at radius 1 is 0.818 bits per heavy atom. The van der Waals surface area contributed by atoms with Crippen LogP contribution in [0.4, 0.5) is 17.1 Å². The Morgan fingerprint density at radius 2 is 1.73 bits per heavy atom. The monoisotopic (exact) mass is 430 g/mol. The van der Waals surface area contributed by atoms with Crippen molar-refractivity contribution in [2.24, 2.45) is 0 Å². The summed E-state index contributed by atoms with van der Waals surface area (Å²) in [4.78, 5) is 6.81. The van der Waals surface area contributed by atoms with Gasteiger partial charge >= 0.3 is 0 Å². The van der Waals surface area contributed by atoms with Crippen LogP contribution in [-0.2, 0) is 6.61 Å². The number of pyridine rings is 1. The van der Waals surface area contributed by atoms with Crippen LogP contribution in [0.1, 0.15) is 11.1 Å². The maximum Gasteiger partial charge on any atom is 0.143 e. The Kier molecular flexibility index (Phi) is 4.65. The topological polar surface area (TPSA) is 43.2 Å². The maximum atomic E-state index is 6.25. The number of hydrogen-bond acceptors (Lipinski definition) is 4. The molecule has 6 rings (SSSR count). The minimum absolute atomic E-state index is 0.514. The van der Waals surface area contributed by atoms with Gasteiger partial charge in [-0.05, 0) is 61.0 Å². The summed E-state index contributed by atoms with van der Waals surface area (Å²) >= 11 is 0. The van der Waals surface area contributed by atoms with Crippen molar-refractivity contribution in [2.75, 3.05) is 4.90 Å². The predicted octanol–water partition coefficient (Wildman–Crippen LogP) is 6.60. The van der Waals surface area contributed by atoms with Gasteiger partial charge in [0.2, 0.25) is 0 Å². The molecule has 0 unspecified atom stereocenters. The van der Waals surface area contributed by atoms with Gasteiger partial charge < -0.3 is 9.64 Å². The lowest BCUT2D eigenvalue weighted by Crippen LogP contribution is -2.11.